The summed E-state index contributed by atoms with van der Waals surface area (Å²) in [6.07, 6.45) is 7.63. The van der Waals surface area contributed by atoms with Gasteiger partial charge in [-0.25, -0.2) is 4.98 Å². The van der Waals surface area contributed by atoms with E-state index in [1.54, 1.807) is 4.90 Å². The van der Waals surface area contributed by atoms with Crippen LogP contribution in [0.3, 0.4) is 0 Å². The number of morpholine rings is 1. The van der Waals surface area contributed by atoms with Crippen LogP contribution in [0.2, 0.25) is 0 Å². The van der Waals surface area contributed by atoms with Crippen molar-refractivity contribution in [1.82, 2.24) is 4.98 Å². The third-order valence-electron chi connectivity index (χ3n) is 3.75. The second-order valence-corrected chi connectivity index (χ2v) is 5.05. The minimum atomic E-state index is 0.00298. The van der Waals surface area contributed by atoms with E-state index in [4.69, 9.17) is 11.2 Å². The van der Waals surface area contributed by atoms with E-state index in [1.165, 1.54) is 0 Å². The van der Waals surface area contributed by atoms with Crippen molar-refractivity contribution in [3.63, 3.8) is 0 Å². The second-order valence-electron chi connectivity index (χ2n) is 5.05. The number of hydrogen-bond acceptors (Lipinski definition) is 4. The number of rotatable bonds is 2. The summed E-state index contributed by atoms with van der Waals surface area (Å²) in [7, 11) is 0. The number of hydrogen-bond donors (Lipinski definition) is 0. The zero-order chi connectivity index (χ0) is 13.9. The van der Waals surface area contributed by atoms with Crippen LogP contribution in [0.15, 0.2) is 18.3 Å². The van der Waals surface area contributed by atoms with E-state index in [2.05, 4.69) is 15.8 Å². The van der Waals surface area contributed by atoms with Crippen LogP contribution in [0.1, 0.15) is 6.42 Å². The number of terminal acetylenes is 1. The quantitative estimate of drug-likeness (QED) is 0.750. The van der Waals surface area contributed by atoms with Crippen molar-refractivity contribution in [3.8, 4) is 12.3 Å². The Hall–Kier alpha value is -2.06. The molecule has 0 aliphatic carbocycles. The van der Waals surface area contributed by atoms with Gasteiger partial charge in [0.05, 0.1) is 25.1 Å². The number of anilines is 2. The van der Waals surface area contributed by atoms with E-state index < -0.39 is 0 Å². The van der Waals surface area contributed by atoms with Crippen molar-refractivity contribution in [1.29, 1.82) is 0 Å². The molecule has 0 saturated carbocycles. The normalized spacial score (nSPS) is 22.9. The Balaban J connectivity index is 1.73. The van der Waals surface area contributed by atoms with Crippen LogP contribution in [0, 0.1) is 18.3 Å². The second kappa shape index (κ2) is 5.51. The van der Waals surface area contributed by atoms with Crippen molar-refractivity contribution >= 4 is 17.4 Å². The highest BCUT2D eigenvalue weighted by Gasteiger charge is 2.30. The SMILES string of the molecule is C#CC1CC(=O)N(c2ccc(N3CCOCC3)cn2)C1. The van der Waals surface area contributed by atoms with Crippen LogP contribution >= 0.6 is 0 Å². The molecule has 0 bridgehead atoms. The predicted octanol–water partition coefficient (Wildman–Crippen LogP) is 0.904. The zero-order valence-electron chi connectivity index (χ0n) is 11.3. The molecule has 104 valence electrons. The first-order valence-corrected chi connectivity index (χ1v) is 6.83. The van der Waals surface area contributed by atoms with Gasteiger partial charge in [-0.3, -0.25) is 9.69 Å². The molecule has 1 unspecified atom stereocenters. The number of nitrogens with zero attached hydrogens (tertiary/aromatic N) is 3. The van der Waals surface area contributed by atoms with Gasteiger partial charge in [0.1, 0.15) is 5.82 Å². The predicted molar refractivity (Wildman–Crippen MR) is 76.6 cm³/mol. The van der Waals surface area contributed by atoms with Crippen molar-refractivity contribution in [2.45, 2.75) is 6.42 Å². The molecule has 20 heavy (non-hydrogen) atoms. The largest absolute Gasteiger partial charge is 0.378 e. The van der Waals surface area contributed by atoms with E-state index >= 15 is 0 Å². The molecule has 0 N–H and O–H groups in total. The number of carbonyl (C=O) groups is 1. The van der Waals surface area contributed by atoms with Gasteiger partial charge in [0.25, 0.3) is 0 Å². The Morgan fingerprint density at radius 1 is 1.35 bits per heavy atom. The topological polar surface area (TPSA) is 45.7 Å². The number of amides is 1. The summed E-state index contributed by atoms with van der Waals surface area (Å²) < 4.78 is 5.33. The van der Waals surface area contributed by atoms with Crippen LogP contribution in [0.4, 0.5) is 11.5 Å². The Morgan fingerprint density at radius 2 is 2.15 bits per heavy atom. The third-order valence-corrected chi connectivity index (χ3v) is 3.75. The fourth-order valence-corrected chi connectivity index (χ4v) is 2.59. The van der Waals surface area contributed by atoms with E-state index in [0.29, 0.717) is 18.8 Å². The summed E-state index contributed by atoms with van der Waals surface area (Å²) in [5.41, 5.74) is 1.07. The van der Waals surface area contributed by atoms with Gasteiger partial charge in [-0.1, -0.05) is 0 Å². The molecule has 2 fully saturated rings. The first-order chi connectivity index (χ1) is 9.78. The van der Waals surface area contributed by atoms with Crippen LogP contribution in [-0.4, -0.2) is 43.7 Å². The van der Waals surface area contributed by atoms with Gasteiger partial charge in [0.15, 0.2) is 0 Å². The van der Waals surface area contributed by atoms with Crippen molar-refractivity contribution in [3.05, 3.63) is 18.3 Å². The summed E-state index contributed by atoms with van der Waals surface area (Å²) in [5, 5.41) is 0. The smallest absolute Gasteiger partial charge is 0.229 e. The third kappa shape index (κ3) is 2.47. The molecule has 2 aliphatic heterocycles. The summed E-state index contributed by atoms with van der Waals surface area (Å²) in [5.74, 6) is 3.39. The Bertz CT molecular complexity index is 529. The molecule has 2 aliphatic rings. The van der Waals surface area contributed by atoms with Crippen LogP contribution in [-0.2, 0) is 9.53 Å². The minimum Gasteiger partial charge on any atom is -0.378 e. The van der Waals surface area contributed by atoms with Crippen LogP contribution in [0.25, 0.3) is 0 Å². The minimum absolute atomic E-state index is 0.00298. The van der Waals surface area contributed by atoms with E-state index in [1.807, 2.05) is 18.3 Å². The van der Waals surface area contributed by atoms with Crippen molar-refractivity contribution < 1.29 is 9.53 Å². The number of aromatic nitrogens is 1. The molecule has 2 saturated heterocycles. The van der Waals surface area contributed by atoms with E-state index in [9.17, 15) is 4.79 Å². The fourth-order valence-electron chi connectivity index (χ4n) is 2.59. The first-order valence-electron chi connectivity index (χ1n) is 6.83. The van der Waals surface area contributed by atoms with Gasteiger partial charge in [-0.05, 0) is 12.1 Å². The number of pyridine rings is 1. The van der Waals surface area contributed by atoms with Gasteiger partial charge in [-0.15, -0.1) is 12.3 Å². The van der Waals surface area contributed by atoms with E-state index in [0.717, 1.165) is 32.0 Å². The summed E-state index contributed by atoms with van der Waals surface area (Å²) in [6, 6.07) is 3.89. The Kier molecular flexibility index (Phi) is 3.57. The lowest BCUT2D eigenvalue weighted by Crippen LogP contribution is -2.36. The molecular formula is C15H17N3O2. The molecule has 5 heteroatoms. The Morgan fingerprint density at radius 3 is 2.75 bits per heavy atom. The number of carbonyl (C=O) groups excluding carboxylic acids is 1. The summed E-state index contributed by atoms with van der Waals surface area (Å²) in [6.45, 7) is 3.82. The molecular weight excluding hydrogens is 254 g/mol. The zero-order valence-corrected chi connectivity index (χ0v) is 11.3. The van der Waals surface area contributed by atoms with Crippen LogP contribution in [0.5, 0.6) is 0 Å². The highest BCUT2D eigenvalue weighted by Crippen LogP contribution is 2.24. The molecule has 0 spiro atoms. The summed E-state index contributed by atoms with van der Waals surface area (Å²) >= 11 is 0. The summed E-state index contributed by atoms with van der Waals surface area (Å²) in [4.78, 5) is 20.2. The highest BCUT2D eigenvalue weighted by atomic mass is 16.5. The van der Waals surface area contributed by atoms with Crippen molar-refractivity contribution in [2.75, 3.05) is 42.6 Å². The average Bonchev–Trinajstić information content (AvgIpc) is 2.89. The first kappa shape index (κ1) is 12.9. The molecule has 5 nitrogen and oxygen atoms in total. The monoisotopic (exact) mass is 271 g/mol. The maximum Gasteiger partial charge on any atom is 0.229 e. The maximum atomic E-state index is 11.9. The van der Waals surface area contributed by atoms with Gasteiger partial charge in [-0.2, -0.15) is 0 Å². The van der Waals surface area contributed by atoms with E-state index in [-0.39, 0.29) is 11.8 Å². The van der Waals surface area contributed by atoms with Gasteiger partial charge in [0, 0.05) is 32.0 Å². The number of ether oxygens (including phenoxy) is 1. The molecule has 1 amide bonds. The van der Waals surface area contributed by atoms with Gasteiger partial charge in [0.2, 0.25) is 5.91 Å². The molecule has 0 radical (unpaired) electrons. The van der Waals surface area contributed by atoms with Gasteiger partial charge >= 0.3 is 0 Å². The molecule has 1 aromatic heterocycles. The standard InChI is InChI=1S/C15H17N3O2/c1-2-12-9-15(19)18(11-12)14-4-3-13(10-16-14)17-5-7-20-8-6-17/h1,3-4,10,12H,5-9,11H2. The lowest BCUT2D eigenvalue weighted by Gasteiger charge is -2.28. The fraction of sp³-hybridized carbons (Fsp3) is 0.467. The molecule has 3 heterocycles. The average molecular weight is 271 g/mol. The molecule has 1 aromatic rings. The van der Waals surface area contributed by atoms with Gasteiger partial charge < -0.3 is 9.64 Å². The Labute approximate surface area is 118 Å². The van der Waals surface area contributed by atoms with Crippen LogP contribution < -0.4 is 9.80 Å². The molecule has 1 atom stereocenters. The highest BCUT2D eigenvalue weighted by molar-refractivity contribution is 5.95. The van der Waals surface area contributed by atoms with Crippen molar-refractivity contribution in [2.24, 2.45) is 5.92 Å². The molecule has 3 rings (SSSR count). The maximum absolute atomic E-state index is 11.9. The lowest BCUT2D eigenvalue weighted by atomic mass is 10.1. The lowest BCUT2D eigenvalue weighted by molar-refractivity contribution is -0.117. The molecule has 0 aromatic carbocycles.